The summed E-state index contributed by atoms with van der Waals surface area (Å²) in [5.41, 5.74) is 3.27. The number of nitrogens with zero attached hydrogens (tertiary/aromatic N) is 2. The van der Waals surface area contributed by atoms with E-state index in [4.69, 9.17) is 4.74 Å². The standard InChI is InChI=1S/C25H23FN2O3S/c1-14(2)17-7-9-18(10-8-17)22-21(24(30)31-4)15(3)27-25-28(22)23(29)20(32-25)13-16-5-11-19(26)12-6-16/h5-14,22H,1-4H3/b20-13-/t22-/m1/s1. The molecule has 7 heteroatoms. The van der Waals surface area contributed by atoms with Gasteiger partial charge in [-0.2, -0.15) is 0 Å². The van der Waals surface area contributed by atoms with Gasteiger partial charge in [0.2, 0.25) is 0 Å². The minimum atomic E-state index is -0.643. The highest BCUT2D eigenvalue weighted by atomic mass is 32.1. The zero-order valence-corrected chi connectivity index (χ0v) is 19.1. The number of hydrogen-bond donors (Lipinski definition) is 0. The fraction of sp³-hybridized carbons (Fsp3) is 0.240. The Bertz CT molecular complexity index is 1380. The number of methoxy groups -OCH3 is 1. The van der Waals surface area contributed by atoms with Gasteiger partial charge in [0.25, 0.3) is 5.56 Å². The van der Waals surface area contributed by atoms with Crippen molar-refractivity contribution >= 4 is 23.4 Å². The number of allylic oxidation sites excluding steroid dienone is 1. The third-order valence-electron chi connectivity index (χ3n) is 5.51. The summed E-state index contributed by atoms with van der Waals surface area (Å²) in [7, 11) is 1.32. The van der Waals surface area contributed by atoms with Crippen molar-refractivity contribution in [2.75, 3.05) is 7.11 Å². The SMILES string of the molecule is COC(=O)C1=C(C)N=c2s/c(=C\c3ccc(F)cc3)c(=O)n2[C@@H]1c1ccc(C(C)C)cc1. The van der Waals surface area contributed by atoms with Gasteiger partial charge in [-0.3, -0.25) is 9.36 Å². The third kappa shape index (κ3) is 3.96. The maximum absolute atomic E-state index is 13.4. The average molecular weight is 451 g/mol. The molecule has 1 aromatic heterocycles. The van der Waals surface area contributed by atoms with Gasteiger partial charge in [-0.25, -0.2) is 14.2 Å². The Kier molecular flexibility index (Phi) is 5.93. The molecule has 1 aliphatic heterocycles. The lowest BCUT2D eigenvalue weighted by Gasteiger charge is -2.24. The predicted molar refractivity (Wildman–Crippen MR) is 123 cm³/mol. The van der Waals surface area contributed by atoms with Crippen molar-refractivity contribution in [2.24, 2.45) is 4.99 Å². The number of benzene rings is 2. The molecule has 0 fully saturated rings. The van der Waals surface area contributed by atoms with Gasteiger partial charge in [-0.1, -0.05) is 61.6 Å². The molecule has 0 amide bonds. The Morgan fingerprint density at radius 1 is 1.16 bits per heavy atom. The first-order valence-electron chi connectivity index (χ1n) is 10.3. The number of fused-ring (bicyclic) bond motifs is 1. The van der Waals surface area contributed by atoms with Crippen LogP contribution >= 0.6 is 11.3 Å². The Morgan fingerprint density at radius 2 is 1.81 bits per heavy atom. The second-order valence-corrected chi connectivity index (χ2v) is 8.96. The van der Waals surface area contributed by atoms with Crippen LogP contribution in [0.2, 0.25) is 0 Å². The Hall–Kier alpha value is -3.32. The van der Waals surface area contributed by atoms with E-state index >= 15 is 0 Å². The van der Waals surface area contributed by atoms with E-state index in [1.807, 2.05) is 24.3 Å². The Morgan fingerprint density at radius 3 is 2.41 bits per heavy atom. The number of aromatic nitrogens is 1. The summed E-state index contributed by atoms with van der Waals surface area (Å²) in [5, 5.41) is 0. The minimum Gasteiger partial charge on any atom is -0.466 e. The molecular formula is C25H23FN2O3S. The van der Waals surface area contributed by atoms with E-state index in [9.17, 15) is 14.0 Å². The van der Waals surface area contributed by atoms with E-state index in [0.29, 0.717) is 32.1 Å². The van der Waals surface area contributed by atoms with Crippen molar-refractivity contribution < 1.29 is 13.9 Å². The monoisotopic (exact) mass is 450 g/mol. The quantitative estimate of drug-likeness (QED) is 0.570. The van der Waals surface area contributed by atoms with Crippen LogP contribution in [-0.2, 0) is 9.53 Å². The number of ether oxygens (including phenoxy) is 1. The van der Waals surface area contributed by atoms with Crippen molar-refractivity contribution in [3.05, 3.63) is 102 Å². The molecule has 3 aromatic rings. The van der Waals surface area contributed by atoms with Gasteiger partial charge < -0.3 is 4.74 Å². The van der Waals surface area contributed by atoms with E-state index in [1.54, 1.807) is 29.7 Å². The van der Waals surface area contributed by atoms with Gasteiger partial charge in [-0.05, 0) is 47.7 Å². The van der Waals surface area contributed by atoms with Crippen LogP contribution in [0.3, 0.4) is 0 Å². The molecule has 1 atom stereocenters. The van der Waals surface area contributed by atoms with Gasteiger partial charge in [-0.15, -0.1) is 0 Å². The van der Waals surface area contributed by atoms with Crippen LogP contribution in [0, 0.1) is 5.82 Å². The van der Waals surface area contributed by atoms with Crippen LogP contribution in [0.1, 0.15) is 49.4 Å². The van der Waals surface area contributed by atoms with Crippen molar-refractivity contribution in [1.82, 2.24) is 4.57 Å². The van der Waals surface area contributed by atoms with E-state index in [2.05, 4.69) is 18.8 Å². The van der Waals surface area contributed by atoms with Gasteiger partial charge in [0.1, 0.15) is 5.82 Å². The lowest BCUT2D eigenvalue weighted by molar-refractivity contribution is -0.136. The predicted octanol–water partition coefficient (Wildman–Crippen LogP) is 3.67. The summed E-state index contributed by atoms with van der Waals surface area (Å²) < 4.78 is 20.3. The molecule has 5 nitrogen and oxygen atoms in total. The smallest absolute Gasteiger partial charge is 0.338 e. The van der Waals surface area contributed by atoms with Crippen LogP contribution in [0.15, 0.2) is 69.6 Å². The van der Waals surface area contributed by atoms with Crippen molar-refractivity contribution in [1.29, 1.82) is 0 Å². The fourth-order valence-electron chi connectivity index (χ4n) is 3.78. The third-order valence-corrected chi connectivity index (χ3v) is 6.50. The summed E-state index contributed by atoms with van der Waals surface area (Å²) in [6.07, 6.45) is 1.71. The Balaban J connectivity index is 1.93. The summed E-state index contributed by atoms with van der Waals surface area (Å²) >= 11 is 1.24. The molecule has 2 heterocycles. The van der Waals surface area contributed by atoms with Crippen LogP contribution < -0.4 is 14.9 Å². The summed E-state index contributed by atoms with van der Waals surface area (Å²) in [6, 6.07) is 13.2. The molecule has 164 valence electrons. The summed E-state index contributed by atoms with van der Waals surface area (Å²) in [4.78, 5) is 31.2. The fourth-order valence-corrected chi connectivity index (χ4v) is 4.83. The molecule has 1 aliphatic rings. The number of halogens is 1. The second kappa shape index (κ2) is 8.67. The first kappa shape index (κ1) is 21.9. The molecule has 4 rings (SSSR count). The molecule has 0 saturated heterocycles. The first-order valence-corrected chi connectivity index (χ1v) is 11.1. The van der Waals surface area contributed by atoms with Gasteiger partial charge in [0, 0.05) is 0 Å². The first-order chi connectivity index (χ1) is 15.3. The zero-order valence-electron chi connectivity index (χ0n) is 18.3. The zero-order chi connectivity index (χ0) is 23.0. The van der Waals surface area contributed by atoms with Gasteiger partial charge in [0.15, 0.2) is 4.80 Å². The molecule has 0 aliphatic carbocycles. The number of thiazole rings is 1. The number of hydrogen-bond acceptors (Lipinski definition) is 5. The average Bonchev–Trinajstić information content (AvgIpc) is 3.08. The number of esters is 1. The minimum absolute atomic E-state index is 0.259. The van der Waals surface area contributed by atoms with Gasteiger partial charge >= 0.3 is 5.97 Å². The number of rotatable bonds is 4. The maximum atomic E-state index is 13.4. The molecule has 0 saturated carbocycles. The van der Waals surface area contributed by atoms with Gasteiger partial charge in [0.05, 0.1) is 29.0 Å². The summed E-state index contributed by atoms with van der Waals surface area (Å²) in [5.74, 6) is -0.497. The lowest BCUT2D eigenvalue weighted by Crippen LogP contribution is -2.39. The van der Waals surface area contributed by atoms with Crippen LogP contribution in [0.4, 0.5) is 4.39 Å². The molecule has 0 unspecified atom stereocenters. The maximum Gasteiger partial charge on any atom is 0.338 e. The largest absolute Gasteiger partial charge is 0.466 e. The highest BCUT2D eigenvalue weighted by Gasteiger charge is 2.33. The Labute approximate surface area is 188 Å². The molecule has 0 radical (unpaired) electrons. The number of carbonyl (C=O) groups excluding carboxylic acids is 1. The molecular weight excluding hydrogens is 427 g/mol. The van der Waals surface area contributed by atoms with Crippen LogP contribution in [0.25, 0.3) is 6.08 Å². The molecule has 2 aromatic carbocycles. The van der Waals surface area contributed by atoms with Crippen molar-refractivity contribution in [2.45, 2.75) is 32.7 Å². The normalized spacial score (nSPS) is 16.2. The lowest BCUT2D eigenvalue weighted by atomic mass is 9.93. The second-order valence-electron chi connectivity index (χ2n) is 7.95. The van der Waals surface area contributed by atoms with Crippen molar-refractivity contribution in [3.63, 3.8) is 0 Å². The highest BCUT2D eigenvalue weighted by Crippen LogP contribution is 2.31. The van der Waals surface area contributed by atoms with E-state index in [-0.39, 0.29) is 11.4 Å². The topological polar surface area (TPSA) is 60.7 Å². The molecule has 32 heavy (non-hydrogen) atoms. The van der Waals surface area contributed by atoms with E-state index in [1.165, 1.54) is 30.6 Å². The molecule has 0 N–H and O–H groups in total. The number of carbonyl (C=O) groups is 1. The highest BCUT2D eigenvalue weighted by molar-refractivity contribution is 7.07. The van der Waals surface area contributed by atoms with Crippen LogP contribution in [-0.4, -0.2) is 17.6 Å². The summed E-state index contributed by atoms with van der Waals surface area (Å²) in [6.45, 7) is 5.97. The van der Waals surface area contributed by atoms with Crippen LogP contribution in [0.5, 0.6) is 0 Å². The molecule has 0 bridgehead atoms. The molecule has 0 spiro atoms. The van der Waals surface area contributed by atoms with E-state index in [0.717, 1.165) is 11.1 Å². The van der Waals surface area contributed by atoms with E-state index < -0.39 is 12.0 Å². The van der Waals surface area contributed by atoms with Crippen molar-refractivity contribution in [3.8, 4) is 0 Å².